The molecule has 1 saturated heterocycles. The van der Waals surface area contributed by atoms with Gasteiger partial charge in [0.25, 0.3) is 5.91 Å². The molecule has 5 nitrogen and oxygen atoms in total. The van der Waals surface area contributed by atoms with E-state index in [2.05, 4.69) is 5.32 Å². The van der Waals surface area contributed by atoms with Crippen molar-refractivity contribution in [3.8, 4) is 0 Å². The topological polar surface area (TPSA) is 66.5 Å². The zero-order valence-corrected chi connectivity index (χ0v) is 18.9. The monoisotopic (exact) mass is 472 g/mol. The van der Waals surface area contributed by atoms with Crippen LogP contribution < -0.4 is 5.32 Å². The lowest BCUT2D eigenvalue weighted by atomic mass is 10.2. The number of nitrogens with zero attached hydrogens (tertiary/aromatic N) is 1. The van der Waals surface area contributed by atoms with Gasteiger partial charge < -0.3 is 5.32 Å². The highest BCUT2D eigenvalue weighted by Crippen LogP contribution is 2.25. The number of thioether (sulfide) groups is 1. The molecule has 0 bridgehead atoms. The average Bonchev–Trinajstić information content (AvgIpc) is 3.23. The van der Waals surface area contributed by atoms with Crippen LogP contribution in [0.5, 0.6) is 0 Å². The summed E-state index contributed by atoms with van der Waals surface area (Å²) in [6.45, 7) is 1.47. The molecule has 1 N–H and O–H groups in total. The Morgan fingerprint density at radius 2 is 1.86 bits per heavy atom. The third-order valence-electron chi connectivity index (χ3n) is 4.57. The van der Waals surface area contributed by atoms with E-state index in [4.69, 9.17) is 23.2 Å². The summed E-state index contributed by atoms with van der Waals surface area (Å²) in [4.78, 5) is 12.6. The number of amides is 1. The average molecular weight is 473 g/mol. The van der Waals surface area contributed by atoms with E-state index in [1.165, 1.54) is 22.5 Å². The minimum Gasteiger partial charge on any atom is -0.351 e. The molecule has 0 saturated carbocycles. The van der Waals surface area contributed by atoms with Crippen molar-refractivity contribution in [2.45, 2.75) is 23.5 Å². The molecule has 2 aromatic rings. The molecule has 2 aromatic carbocycles. The van der Waals surface area contributed by atoms with Gasteiger partial charge in [-0.2, -0.15) is 16.1 Å². The molecule has 3 rings (SSSR count). The smallest absolute Gasteiger partial charge is 0.252 e. The standard InChI is InChI=1S/C20H22Cl2N2O3S2/c21-16-5-3-4-15(12-16)14-28-11-8-23-20(25)18-13-17(6-7-19(18)22)29(26,27)24-9-1-2-10-24/h3-7,12-13H,1-2,8-11,14H2,(H,23,25). The Hall–Kier alpha value is -1.25. The summed E-state index contributed by atoms with van der Waals surface area (Å²) < 4.78 is 26.9. The number of rotatable bonds is 8. The van der Waals surface area contributed by atoms with Crippen LogP contribution in [-0.2, 0) is 15.8 Å². The molecular formula is C20H22Cl2N2O3S2. The van der Waals surface area contributed by atoms with E-state index in [0.717, 1.165) is 24.2 Å². The Balaban J connectivity index is 1.56. The lowest BCUT2D eigenvalue weighted by Gasteiger charge is -2.16. The van der Waals surface area contributed by atoms with Crippen molar-refractivity contribution in [2.75, 3.05) is 25.4 Å². The Bertz CT molecular complexity index is 977. The quantitative estimate of drug-likeness (QED) is 0.576. The Morgan fingerprint density at radius 3 is 2.59 bits per heavy atom. The molecule has 1 fully saturated rings. The number of nitrogens with one attached hydrogen (secondary N) is 1. The summed E-state index contributed by atoms with van der Waals surface area (Å²) in [6, 6.07) is 11.9. The van der Waals surface area contributed by atoms with Crippen molar-refractivity contribution >= 4 is 50.9 Å². The summed E-state index contributed by atoms with van der Waals surface area (Å²) in [5, 5.41) is 3.74. The van der Waals surface area contributed by atoms with E-state index in [1.54, 1.807) is 11.8 Å². The van der Waals surface area contributed by atoms with E-state index in [9.17, 15) is 13.2 Å². The maximum atomic E-state index is 12.7. The van der Waals surface area contributed by atoms with Gasteiger partial charge in [-0.1, -0.05) is 35.3 Å². The van der Waals surface area contributed by atoms with E-state index in [0.29, 0.717) is 30.4 Å². The van der Waals surface area contributed by atoms with Crippen molar-refractivity contribution in [1.29, 1.82) is 0 Å². The van der Waals surface area contributed by atoms with Crippen molar-refractivity contribution in [3.05, 3.63) is 63.6 Å². The van der Waals surface area contributed by atoms with Gasteiger partial charge in [-0.05, 0) is 48.7 Å². The first-order chi connectivity index (χ1) is 13.9. The number of benzene rings is 2. The summed E-state index contributed by atoms with van der Waals surface area (Å²) in [6.07, 6.45) is 1.71. The first-order valence-corrected chi connectivity index (χ1v) is 12.6. The molecule has 1 aliphatic rings. The predicted molar refractivity (Wildman–Crippen MR) is 119 cm³/mol. The van der Waals surface area contributed by atoms with Gasteiger partial charge in [0, 0.05) is 36.2 Å². The molecule has 29 heavy (non-hydrogen) atoms. The number of hydrogen-bond acceptors (Lipinski definition) is 4. The maximum absolute atomic E-state index is 12.7. The second kappa shape index (κ2) is 10.2. The molecule has 0 unspecified atom stereocenters. The lowest BCUT2D eigenvalue weighted by Crippen LogP contribution is -2.29. The molecule has 0 spiro atoms. The van der Waals surface area contributed by atoms with Crippen LogP contribution in [0, 0.1) is 0 Å². The van der Waals surface area contributed by atoms with Crippen LogP contribution in [0.25, 0.3) is 0 Å². The van der Waals surface area contributed by atoms with Gasteiger partial charge in [-0.15, -0.1) is 0 Å². The second-order valence-electron chi connectivity index (χ2n) is 6.69. The lowest BCUT2D eigenvalue weighted by molar-refractivity contribution is 0.0956. The minimum atomic E-state index is -3.59. The third kappa shape index (κ3) is 5.89. The zero-order chi connectivity index (χ0) is 20.9. The minimum absolute atomic E-state index is 0.101. The first kappa shape index (κ1) is 22.4. The number of halogens is 2. The fraction of sp³-hybridized carbons (Fsp3) is 0.350. The van der Waals surface area contributed by atoms with Gasteiger partial charge in [0.05, 0.1) is 15.5 Å². The molecule has 0 atom stereocenters. The van der Waals surface area contributed by atoms with Gasteiger partial charge in [0.1, 0.15) is 0 Å². The van der Waals surface area contributed by atoms with E-state index in [1.807, 2.05) is 24.3 Å². The van der Waals surface area contributed by atoms with Crippen LogP contribution in [0.15, 0.2) is 47.4 Å². The fourth-order valence-corrected chi connectivity index (χ4v) is 5.83. The molecule has 156 valence electrons. The van der Waals surface area contributed by atoms with Crippen LogP contribution in [0.1, 0.15) is 28.8 Å². The van der Waals surface area contributed by atoms with E-state index in [-0.39, 0.29) is 21.4 Å². The number of carbonyl (C=O) groups excluding carboxylic acids is 1. The van der Waals surface area contributed by atoms with Gasteiger partial charge >= 0.3 is 0 Å². The fourth-order valence-electron chi connectivity index (χ4n) is 3.07. The van der Waals surface area contributed by atoms with Crippen LogP contribution in [0.4, 0.5) is 0 Å². The molecule has 0 aromatic heterocycles. The Kier molecular flexibility index (Phi) is 7.87. The highest BCUT2D eigenvalue weighted by molar-refractivity contribution is 7.98. The third-order valence-corrected chi connectivity index (χ3v) is 8.06. The van der Waals surface area contributed by atoms with E-state index >= 15 is 0 Å². The number of hydrogen-bond donors (Lipinski definition) is 1. The van der Waals surface area contributed by atoms with Crippen molar-refractivity contribution in [3.63, 3.8) is 0 Å². The SMILES string of the molecule is O=C(NCCSCc1cccc(Cl)c1)c1cc(S(=O)(=O)N2CCCC2)ccc1Cl. The van der Waals surface area contributed by atoms with Gasteiger partial charge in [-0.25, -0.2) is 8.42 Å². The molecular weight excluding hydrogens is 451 g/mol. The second-order valence-corrected chi connectivity index (χ2v) is 10.6. The van der Waals surface area contributed by atoms with Crippen LogP contribution in [0.3, 0.4) is 0 Å². The molecule has 0 aliphatic carbocycles. The van der Waals surface area contributed by atoms with Crippen molar-refractivity contribution < 1.29 is 13.2 Å². The first-order valence-electron chi connectivity index (χ1n) is 9.28. The molecule has 1 heterocycles. The predicted octanol–water partition coefficient (Wildman–Crippen LogP) is 4.44. The molecule has 1 aliphatic heterocycles. The summed E-state index contributed by atoms with van der Waals surface area (Å²) >= 11 is 13.8. The Labute approximate surface area is 185 Å². The Morgan fingerprint density at radius 1 is 1.10 bits per heavy atom. The zero-order valence-electron chi connectivity index (χ0n) is 15.7. The van der Waals surface area contributed by atoms with Crippen molar-refractivity contribution in [2.24, 2.45) is 0 Å². The van der Waals surface area contributed by atoms with Gasteiger partial charge in [0.2, 0.25) is 10.0 Å². The highest BCUT2D eigenvalue weighted by atomic mass is 35.5. The number of sulfonamides is 1. The molecule has 1 amide bonds. The summed E-state index contributed by atoms with van der Waals surface area (Å²) in [7, 11) is -3.59. The summed E-state index contributed by atoms with van der Waals surface area (Å²) in [5.74, 6) is 1.12. The summed E-state index contributed by atoms with van der Waals surface area (Å²) in [5.41, 5.74) is 1.29. The van der Waals surface area contributed by atoms with Crippen molar-refractivity contribution in [1.82, 2.24) is 9.62 Å². The highest BCUT2D eigenvalue weighted by Gasteiger charge is 2.28. The van der Waals surface area contributed by atoms with Crippen LogP contribution in [-0.4, -0.2) is 44.0 Å². The molecule has 0 radical (unpaired) electrons. The van der Waals surface area contributed by atoms with Crippen LogP contribution >= 0.6 is 35.0 Å². The van der Waals surface area contributed by atoms with Gasteiger partial charge in [-0.3, -0.25) is 4.79 Å². The van der Waals surface area contributed by atoms with Gasteiger partial charge in [0.15, 0.2) is 0 Å². The normalized spacial score (nSPS) is 14.8. The molecule has 9 heteroatoms. The maximum Gasteiger partial charge on any atom is 0.252 e. The van der Waals surface area contributed by atoms with Crippen LogP contribution in [0.2, 0.25) is 10.0 Å². The largest absolute Gasteiger partial charge is 0.351 e. The number of carbonyl (C=O) groups is 1. The van der Waals surface area contributed by atoms with E-state index < -0.39 is 10.0 Å².